The first-order chi connectivity index (χ1) is 11.9. The molecule has 2 amide bonds. The fourth-order valence-electron chi connectivity index (χ4n) is 2.50. The minimum Gasteiger partial charge on any atom is -0.377 e. The number of imide groups is 1. The first-order valence-corrected chi connectivity index (χ1v) is 9.12. The van der Waals surface area contributed by atoms with E-state index in [1.165, 1.54) is 4.90 Å². The van der Waals surface area contributed by atoms with Crippen LogP contribution in [0.25, 0.3) is 0 Å². The zero-order chi connectivity index (χ0) is 18.7. The maximum absolute atomic E-state index is 12.1. The first kappa shape index (κ1) is 22.0. The lowest BCUT2D eigenvalue weighted by atomic mass is 9.94. The molecule has 1 aliphatic heterocycles. The van der Waals surface area contributed by atoms with Gasteiger partial charge in [-0.05, 0) is 19.8 Å². The van der Waals surface area contributed by atoms with Crippen LogP contribution >= 0.6 is 0 Å². The number of rotatable bonds is 14. The predicted octanol–water partition coefficient (Wildman–Crippen LogP) is 1.49. The summed E-state index contributed by atoms with van der Waals surface area (Å²) >= 11 is 0. The van der Waals surface area contributed by atoms with E-state index in [1.807, 2.05) is 27.7 Å². The molecule has 1 fully saturated rings. The van der Waals surface area contributed by atoms with Gasteiger partial charge < -0.3 is 18.9 Å². The molecule has 0 aromatic rings. The zero-order valence-electron chi connectivity index (χ0n) is 16.0. The second kappa shape index (κ2) is 12.4. The number of carbonyl (C=O) groups excluding carboxylic acids is 2. The van der Waals surface area contributed by atoms with Crippen LogP contribution in [0.3, 0.4) is 0 Å². The smallest absolute Gasteiger partial charge is 0.233 e. The van der Waals surface area contributed by atoms with Gasteiger partial charge in [0.05, 0.1) is 58.9 Å². The highest BCUT2D eigenvalue weighted by molar-refractivity contribution is 6.03. The van der Waals surface area contributed by atoms with Gasteiger partial charge in [-0.2, -0.15) is 0 Å². The fourth-order valence-corrected chi connectivity index (χ4v) is 2.50. The molecule has 1 atom stereocenters. The summed E-state index contributed by atoms with van der Waals surface area (Å²) in [4.78, 5) is 25.3. The van der Waals surface area contributed by atoms with Gasteiger partial charge in [0.1, 0.15) is 0 Å². The maximum atomic E-state index is 12.1. The number of hydrogen-bond acceptors (Lipinski definition) is 6. The van der Waals surface area contributed by atoms with Crippen molar-refractivity contribution in [1.82, 2.24) is 4.90 Å². The van der Waals surface area contributed by atoms with E-state index in [0.29, 0.717) is 59.2 Å². The molecule has 1 aliphatic rings. The third-order valence-corrected chi connectivity index (χ3v) is 3.97. The lowest BCUT2D eigenvalue weighted by Gasteiger charge is -2.16. The summed E-state index contributed by atoms with van der Waals surface area (Å²) in [6.45, 7) is 11.6. The molecule has 0 aliphatic carbocycles. The average Bonchev–Trinajstić information content (AvgIpc) is 2.83. The minimum absolute atomic E-state index is 0.0709. The molecule has 7 nitrogen and oxygen atoms in total. The molecule has 25 heavy (non-hydrogen) atoms. The van der Waals surface area contributed by atoms with Crippen LogP contribution in [0, 0.1) is 11.8 Å². The Balaban J connectivity index is 1.94. The highest BCUT2D eigenvalue weighted by Gasteiger charge is 2.39. The van der Waals surface area contributed by atoms with Gasteiger partial charge >= 0.3 is 0 Å². The second-order valence-electron chi connectivity index (χ2n) is 6.69. The van der Waals surface area contributed by atoms with Crippen LogP contribution in [0.15, 0.2) is 0 Å². The van der Waals surface area contributed by atoms with Crippen LogP contribution in [0.1, 0.15) is 34.1 Å². The summed E-state index contributed by atoms with van der Waals surface area (Å²) in [6, 6.07) is 0. The van der Waals surface area contributed by atoms with Crippen molar-refractivity contribution in [3.05, 3.63) is 0 Å². The average molecular weight is 359 g/mol. The third-order valence-electron chi connectivity index (χ3n) is 3.97. The summed E-state index contributed by atoms with van der Waals surface area (Å²) in [7, 11) is 0. The van der Waals surface area contributed by atoms with Gasteiger partial charge in [0, 0.05) is 12.3 Å². The standard InChI is InChI=1S/C18H33NO6/c1-14(2)16-13-17(20)19(18(16)21)5-6-22-7-8-23-9-10-24-11-12-25-15(3)4/h14-16H,5-13H2,1-4H3. The van der Waals surface area contributed by atoms with Gasteiger partial charge in [0.25, 0.3) is 0 Å². The van der Waals surface area contributed by atoms with Gasteiger partial charge in [-0.15, -0.1) is 0 Å². The summed E-state index contributed by atoms with van der Waals surface area (Å²) in [5.41, 5.74) is 0. The van der Waals surface area contributed by atoms with Crippen LogP contribution in [0.2, 0.25) is 0 Å². The maximum Gasteiger partial charge on any atom is 0.233 e. The van der Waals surface area contributed by atoms with E-state index in [4.69, 9.17) is 18.9 Å². The third kappa shape index (κ3) is 8.76. The van der Waals surface area contributed by atoms with Crippen molar-refractivity contribution in [3.8, 4) is 0 Å². The molecular formula is C18H33NO6. The Kier molecular flexibility index (Phi) is 10.9. The van der Waals surface area contributed by atoms with Crippen molar-refractivity contribution >= 4 is 11.8 Å². The van der Waals surface area contributed by atoms with Gasteiger partial charge in [-0.1, -0.05) is 13.8 Å². The van der Waals surface area contributed by atoms with Crippen molar-refractivity contribution in [2.24, 2.45) is 11.8 Å². The van der Waals surface area contributed by atoms with Crippen molar-refractivity contribution < 1.29 is 28.5 Å². The van der Waals surface area contributed by atoms with E-state index in [9.17, 15) is 9.59 Å². The molecule has 0 saturated carbocycles. The van der Waals surface area contributed by atoms with Crippen molar-refractivity contribution in [2.45, 2.75) is 40.2 Å². The van der Waals surface area contributed by atoms with Crippen LogP contribution in [-0.4, -0.2) is 75.6 Å². The number of carbonyl (C=O) groups is 2. The number of ether oxygens (including phenoxy) is 4. The van der Waals surface area contributed by atoms with E-state index < -0.39 is 0 Å². The van der Waals surface area contributed by atoms with Crippen LogP contribution < -0.4 is 0 Å². The molecule has 0 aromatic heterocycles. The summed E-state index contributed by atoms with van der Waals surface area (Å²) in [5.74, 6) is -0.155. The Bertz CT molecular complexity index is 399. The van der Waals surface area contributed by atoms with Gasteiger partial charge in [0.15, 0.2) is 0 Å². The molecule has 0 bridgehead atoms. The Morgan fingerprint density at radius 1 is 0.880 bits per heavy atom. The monoisotopic (exact) mass is 359 g/mol. The van der Waals surface area contributed by atoms with Gasteiger partial charge in [0.2, 0.25) is 11.8 Å². The Morgan fingerprint density at radius 2 is 1.40 bits per heavy atom. The molecular weight excluding hydrogens is 326 g/mol. The minimum atomic E-state index is -0.179. The Labute approximate surface area is 150 Å². The molecule has 1 saturated heterocycles. The van der Waals surface area contributed by atoms with E-state index in [0.717, 1.165) is 0 Å². The van der Waals surface area contributed by atoms with Crippen molar-refractivity contribution in [3.63, 3.8) is 0 Å². The number of nitrogens with zero attached hydrogens (tertiary/aromatic N) is 1. The Morgan fingerprint density at radius 3 is 1.88 bits per heavy atom. The molecule has 1 unspecified atom stereocenters. The lowest BCUT2D eigenvalue weighted by Crippen LogP contribution is -2.34. The highest BCUT2D eigenvalue weighted by atomic mass is 16.6. The number of likely N-dealkylation sites (tertiary alicyclic amines) is 1. The quantitative estimate of drug-likeness (QED) is 0.346. The normalized spacial score (nSPS) is 18.2. The topological polar surface area (TPSA) is 74.3 Å². The van der Waals surface area contributed by atoms with Crippen molar-refractivity contribution in [1.29, 1.82) is 0 Å². The largest absolute Gasteiger partial charge is 0.377 e. The molecule has 1 heterocycles. The molecule has 0 aromatic carbocycles. The Hall–Kier alpha value is -1.02. The molecule has 0 N–H and O–H groups in total. The zero-order valence-corrected chi connectivity index (χ0v) is 16.0. The molecule has 146 valence electrons. The van der Waals surface area contributed by atoms with Crippen LogP contribution in [-0.2, 0) is 28.5 Å². The second-order valence-corrected chi connectivity index (χ2v) is 6.69. The van der Waals surface area contributed by atoms with Gasteiger partial charge in [-0.3, -0.25) is 14.5 Å². The van der Waals surface area contributed by atoms with E-state index in [2.05, 4.69) is 0 Å². The van der Waals surface area contributed by atoms with Crippen LogP contribution in [0.4, 0.5) is 0 Å². The first-order valence-electron chi connectivity index (χ1n) is 9.12. The SMILES string of the molecule is CC(C)OCCOCCOCCOCCN1C(=O)CC(C(C)C)C1=O. The van der Waals surface area contributed by atoms with Crippen molar-refractivity contribution in [2.75, 3.05) is 52.8 Å². The molecule has 0 radical (unpaired) electrons. The van der Waals surface area contributed by atoms with E-state index in [-0.39, 0.29) is 29.8 Å². The number of hydrogen-bond donors (Lipinski definition) is 0. The summed E-state index contributed by atoms with van der Waals surface area (Å²) < 4.78 is 21.5. The summed E-state index contributed by atoms with van der Waals surface area (Å²) in [5, 5.41) is 0. The molecule has 7 heteroatoms. The number of amides is 2. The summed E-state index contributed by atoms with van der Waals surface area (Å²) in [6.07, 6.45) is 0.543. The predicted molar refractivity (Wildman–Crippen MR) is 93.2 cm³/mol. The van der Waals surface area contributed by atoms with E-state index >= 15 is 0 Å². The van der Waals surface area contributed by atoms with Crippen LogP contribution in [0.5, 0.6) is 0 Å². The van der Waals surface area contributed by atoms with Gasteiger partial charge in [-0.25, -0.2) is 0 Å². The van der Waals surface area contributed by atoms with E-state index in [1.54, 1.807) is 0 Å². The molecule has 0 spiro atoms. The molecule has 1 rings (SSSR count). The lowest BCUT2D eigenvalue weighted by molar-refractivity contribution is -0.140. The fraction of sp³-hybridized carbons (Fsp3) is 0.889. The highest BCUT2D eigenvalue weighted by Crippen LogP contribution is 2.25.